The molecule has 0 aromatic carbocycles. The minimum Gasteiger partial charge on any atom is -0.490 e. The summed E-state index contributed by atoms with van der Waals surface area (Å²) in [6, 6.07) is 0.390. The van der Waals surface area contributed by atoms with E-state index in [-0.39, 0.29) is 0 Å². The molecule has 0 fully saturated rings. The highest BCUT2D eigenvalue weighted by Crippen LogP contribution is 2.25. The minimum absolute atomic E-state index is 0.345. The Bertz CT molecular complexity index is 342. The topological polar surface area (TPSA) is 76.3 Å². The first-order chi connectivity index (χ1) is 7.56. The summed E-state index contributed by atoms with van der Waals surface area (Å²) in [6.45, 7) is 2.88. The van der Waals surface area contributed by atoms with Gasteiger partial charge in [-0.2, -0.15) is 0 Å². The third-order valence-corrected chi connectivity index (χ3v) is 2.48. The second kappa shape index (κ2) is 5.50. The average Bonchev–Trinajstić information content (AvgIpc) is 2.25. The number of nitrogens with zero attached hydrogens (tertiary/aromatic N) is 3. The summed E-state index contributed by atoms with van der Waals surface area (Å²) in [4.78, 5) is 10.1. The molecule has 90 valence electrons. The maximum absolute atomic E-state index is 5.67. The molecule has 1 aromatic heterocycles. The SMILES string of the molecule is COc1c(N)ncnc1NCC(C)N(C)C. The molecule has 16 heavy (non-hydrogen) atoms. The van der Waals surface area contributed by atoms with E-state index in [1.807, 2.05) is 14.1 Å². The third kappa shape index (κ3) is 2.96. The Labute approximate surface area is 95.8 Å². The standard InChI is InChI=1S/C10H19N5O/c1-7(15(2)3)5-12-10-8(16-4)9(11)13-6-14-10/h6-7H,5H2,1-4H3,(H3,11,12,13,14). The molecule has 0 aliphatic heterocycles. The fraction of sp³-hybridized carbons (Fsp3) is 0.600. The van der Waals surface area contributed by atoms with Crippen molar-refractivity contribution in [3.8, 4) is 5.75 Å². The lowest BCUT2D eigenvalue weighted by Gasteiger charge is -2.20. The van der Waals surface area contributed by atoms with Crippen molar-refractivity contribution in [2.45, 2.75) is 13.0 Å². The number of anilines is 2. The molecular formula is C10H19N5O. The molecule has 0 aliphatic carbocycles. The number of nitrogens with two attached hydrogens (primary N) is 1. The lowest BCUT2D eigenvalue weighted by atomic mass is 10.3. The Morgan fingerprint density at radius 3 is 2.75 bits per heavy atom. The van der Waals surface area contributed by atoms with Crippen LogP contribution in [-0.4, -0.2) is 48.7 Å². The van der Waals surface area contributed by atoms with Crippen LogP contribution in [0.25, 0.3) is 0 Å². The largest absolute Gasteiger partial charge is 0.490 e. The normalized spacial score (nSPS) is 12.6. The smallest absolute Gasteiger partial charge is 0.203 e. The Morgan fingerprint density at radius 2 is 2.19 bits per heavy atom. The fourth-order valence-electron chi connectivity index (χ4n) is 1.14. The van der Waals surface area contributed by atoms with Gasteiger partial charge in [0.15, 0.2) is 11.6 Å². The molecule has 1 unspecified atom stereocenters. The van der Waals surface area contributed by atoms with Crippen molar-refractivity contribution in [1.29, 1.82) is 0 Å². The van der Waals surface area contributed by atoms with E-state index in [0.29, 0.717) is 23.4 Å². The Kier molecular flexibility index (Phi) is 4.30. The lowest BCUT2D eigenvalue weighted by Crippen LogP contribution is -2.31. The number of hydrogen-bond acceptors (Lipinski definition) is 6. The highest BCUT2D eigenvalue weighted by atomic mass is 16.5. The molecule has 0 aliphatic rings. The van der Waals surface area contributed by atoms with Gasteiger partial charge >= 0.3 is 0 Å². The van der Waals surface area contributed by atoms with Crippen LogP contribution in [0.3, 0.4) is 0 Å². The molecule has 1 heterocycles. The predicted octanol–water partition coefficient (Wildman–Crippen LogP) is 0.429. The molecule has 1 atom stereocenters. The number of aromatic nitrogens is 2. The molecule has 0 saturated heterocycles. The fourth-order valence-corrected chi connectivity index (χ4v) is 1.14. The summed E-state index contributed by atoms with van der Waals surface area (Å²) in [5, 5.41) is 3.19. The van der Waals surface area contributed by atoms with Crippen LogP contribution in [-0.2, 0) is 0 Å². The summed E-state index contributed by atoms with van der Waals surface area (Å²) in [5.74, 6) is 1.47. The number of likely N-dealkylation sites (N-methyl/N-ethyl adjacent to an activating group) is 1. The highest BCUT2D eigenvalue weighted by Gasteiger charge is 2.11. The second-order valence-electron chi connectivity index (χ2n) is 3.83. The van der Waals surface area contributed by atoms with Crippen LogP contribution >= 0.6 is 0 Å². The highest BCUT2D eigenvalue weighted by molar-refractivity contribution is 5.61. The van der Waals surface area contributed by atoms with Gasteiger partial charge in [-0.3, -0.25) is 0 Å². The maximum Gasteiger partial charge on any atom is 0.203 e. The van der Waals surface area contributed by atoms with Crippen LogP contribution in [0.4, 0.5) is 11.6 Å². The van der Waals surface area contributed by atoms with Crippen LogP contribution in [0.2, 0.25) is 0 Å². The van der Waals surface area contributed by atoms with E-state index in [0.717, 1.165) is 6.54 Å². The first kappa shape index (κ1) is 12.5. The van der Waals surface area contributed by atoms with E-state index in [1.54, 1.807) is 7.11 Å². The number of nitrogens with one attached hydrogen (secondary N) is 1. The van der Waals surface area contributed by atoms with Gasteiger partial charge in [-0.15, -0.1) is 0 Å². The molecule has 3 N–H and O–H groups in total. The van der Waals surface area contributed by atoms with Crippen molar-refractivity contribution in [1.82, 2.24) is 14.9 Å². The monoisotopic (exact) mass is 225 g/mol. The number of ether oxygens (including phenoxy) is 1. The Hall–Kier alpha value is -1.56. The molecule has 0 bridgehead atoms. The van der Waals surface area contributed by atoms with Gasteiger partial charge in [-0.05, 0) is 21.0 Å². The van der Waals surface area contributed by atoms with E-state index in [2.05, 4.69) is 27.1 Å². The second-order valence-corrected chi connectivity index (χ2v) is 3.83. The first-order valence-electron chi connectivity index (χ1n) is 5.11. The van der Waals surface area contributed by atoms with Crippen LogP contribution < -0.4 is 15.8 Å². The van der Waals surface area contributed by atoms with Crippen molar-refractivity contribution >= 4 is 11.6 Å². The van der Waals surface area contributed by atoms with Gasteiger partial charge in [0.25, 0.3) is 0 Å². The first-order valence-corrected chi connectivity index (χ1v) is 5.11. The van der Waals surface area contributed by atoms with Crippen LogP contribution in [0.1, 0.15) is 6.92 Å². The molecule has 0 amide bonds. The summed E-state index contributed by atoms with van der Waals surface area (Å²) in [6.07, 6.45) is 1.42. The third-order valence-electron chi connectivity index (χ3n) is 2.48. The summed E-state index contributed by atoms with van der Waals surface area (Å²) < 4.78 is 5.14. The van der Waals surface area contributed by atoms with E-state index < -0.39 is 0 Å². The molecule has 6 nitrogen and oxygen atoms in total. The molecular weight excluding hydrogens is 206 g/mol. The van der Waals surface area contributed by atoms with Gasteiger partial charge in [0, 0.05) is 12.6 Å². The van der Waals surface area contributed by atoms with Gasteiger partial charge in [-0.25, -0.2) is 9.97 Å². The zero-order valence-corrected chi connectivity index (χ0v) is 10.2. The van der Waals surface area contributed by atoms with E-state index in [9.17, 15) is 0 Å². The zero-order valence-electron chi connectivity index (χ0n) is 10.2. The molecule has 6 heteroatoms. The number of rotatable bonds is 5. The summed E-state index contributed by atoms with van der Waals surface area (Å²) in [7, 11) is 5.60. The lowest BCUT2D eigenvalue weighted by molar-refractivity contribution is 0.325. The summed E-state index contributed by atoms with van der Waals surface area (Å²) in [5.41, 5.74) is 5.67. The quantitative estimate of drug-likeness (QED) is 0.756. The Morgan fingerprint density at radius 1 is 1.50 bits per heavy atom. The summed E-state index contributed by atoms with van der Waals surface area (Å²) >= 11 is 0. The average molecular weight is 225 g/mol. The van der Waals surface area contributed by atoms with Gasteiger partial charge in [0.2, 0.25) is 5.75 Å². The predicted molar refractivity (Wildman–Crippen MR) is 64.6 cm³/mol. The molecule has 0 spiro atoms. The van der Waals surface area contributed by atoms with Gasteiger partial charge in [0.1, 0.15) is 6.33 Å². The van der Waals surface area contributed by atoms with Gasteiger partial charge in [0.05, 0.1) is 7.11 Å². The minimum atomic E-state index is 0.345. The molecule has 0 saturated carbocycles. The number of methoxy groups -OCH3 is 1. The number of hydrogen-bond donors (Lipinski definition) is 2. The van der Waals surface area contributed by atoms with Gasteiger partial charge in [-0.1, -0.05) is 0 Å². The Balaban J connectivity index is 2.70. The van der Waals surface area contributed by atoms with Crippen molar-refractivity contribution < 1.29 is 4.74 Å². The van der Waals surface area contributed by atoms with Crippen molar-refractivity contribution in [3.05, 3.63) is 6.33 Å². The van der Waals surface area contributed by atoms with Crippen molar-refractivity contribution in [2.75, 3.05) is 38.8 Å². The number of nitrogen functional groups attached to an aromatic ring is 1. The molecule has 1 rings (SSSR count). The van der Waals surface area contributed by atoms with Crippen LogP contribution in [0, 0.1) is 0 Å². The van der Waals surface area contributed by atoms with Crippen LogP contribution in [0.5, 0.6) is 5.75 Å². The van der Waals surface area contributed by atoms with E-state index in [1.165, 1.54) is 6.33 Å². The van der Waals surface area contributed by atoms with Gasteiger partial charge < -0.3 is 20.7 Å². The maximum atomic E-state index is 5.67. The zero-order chi connectivity index (χ0) is 12.1. The van der Waals surface area contributed by atoms with Crippen LogP contribution in [0.15, 0.2) is 6.33 Å². The van der Waals surface area contributed by atoms with E-state index in [4.69, 9.17) is 10.5 Å². The molecule has 1 aromatic rings. The molecule has 0 radical (unpaired) electrons. The van der Waals surface area contributed by atoms with Crippen molar-refractivity contribution in [2.24, 2.45) is 0 Å². The van der Waals surface area contributed by atoms with E-state index >= 15 is 0 Å². The van der Waals surface area contributed by atoms with Crippen molar-refractivity contribution in [3.63, 3.8) is 0 Å².